The molecule has 5 nitrogen and oxygen atoms in total. The van der Waals surface area contributed by atoms with Crippen LogP contribution in [0.15, 0.2) is 30.3 Å². The van der Waals surface area contributed by atoms with Gasteiger partial charge in [0.15, 0.2) is 0 Å². The van der Waals surface area contributed by atoms with Crippen LogP contribution < -0.4 is 10.1 Å². The average Bonchev–Trinajstić information content (AvgIpc) is 2.49. The third-order valence-electron chi connectivity index (χ3n) is 3.88. The predicted molar refractivity (Wildman–Crippen MR) is 102 cm³/mol. The third-order valence-corrected chi connectivity index (χ3v) is 4.62. The molecular weight excluding hydrogens is 337 g/mol. The van der Waals surface area contributed by atoms with Gasteiger partial charge in [-0.25, -0.2) is 0 Å². The summed E-state index contributed by atoms with van der Waals surface area (Å²) in [5.74, 6) is 1.88. The van der Waals surface area contributed by atoms with Crippen molar-refractivity contribution < 1.29 is 19.3 Å². The molecule has 136 valence electrons. The number of aryl methyl sites for hydroxylation is 2. The molecule has 0 amide bonds. The topological polar surface area (TPSA) is 78.8 Å². The van der Waals surface area contributed by atoms with Crippen LogP contribution in [-0.4, -0.2) is 23.0 Å². The number of rotatable bonds is 6. The summed E-state index contributed by atoms with van der Waals surface area (Å²) in [6.45, 7) is 9.23. The van der Waals surface area contributed by atoms with E-state index < -0.39 is 7.37 Å². The van der Waals surface area contributed by atoms with Gasteiger partial charge in [0.05, 0.1) is 6.29 Å². The van der Waals surface area contributed by atoms with Crippen molar-refractivity contribution in [3.63, 3.8) is 0 Å². The van der Waals surface area contributed by atoms with Gasteiger partial charge in [0.1, 0.15) is 17.2 Å². The van der Waals surface area contributed by atoms with Crippen LogP contribution in [0.25, 0.3) is 0 Å². The summed E-state index contributed by atoms with van der Waals surface area (Å²) in [5.41, 5.74) is 3.47. The van der Waals surface area contributed by atoms with Gasteiger partial charge in [-0.2, -0.15) is 0 Å². The molecule has 2 aromatic rings. The lowest BCUT2D eigenvalue weighted by atomic mass is 10.0. The Morgan fingerprint density at radius 2 is 1.76 bits per heavy atom. The van der Waals surface area contributed by atoms with Crippen LogP contribution in [0, 0.1) is 13.8 Å². The number of ether oxygens (including phenoxy) is 1. The minimum atomic E-state index is -3.11. The number of aromatic hydroxyl groups is 1. The summed E-state index contributed by atoms with van der Waals surface area (Å²) < 4.78 is 17.5. The SMILES string of the molecule is Cc1cc(NCP(C)(=O)O)cc(C)c1Oc1ccc(O)c(C(C)C)c1. The highest BCUT2D eigenvalue weighted by Gasteiger charge is 2.13. The number of hydrogen-bond donors (Lipinski definition) is 3. The summed E-state index contributed by atoms with van der Waals surface area (Å²) in [5, 5.41) is 12.9. The first-order valence-electron chi connectivity index (χ1n) is 8.22. The van der Waals surface area contributed by atoms with Gasteiger partial charge in [-0.15, -0.1) is 0 Å². The van der Waals surface area contributed by atoms with Gasteiger partial charge >= 0.3 is 0 Å². The maximum absolute atomic E-state index is 11.4. The Bertz CT molecular complexity index is 788. The summed E-state index contributed by atoms with van der Waals surface area (Å²) in [4.78, 5) is 9.41. The van der Waals surface area contributed by atoms with Crippen LogP contribution in [0.5, 0.6) is 17.2 Å². The molecule has 2 aromatic carbocycles. The summed E-state index contributed by atoms with van der Waals surface area (Å²) in [6, 6.07) is 9.02. The Hall–Kier alpha value is -1.97. The first-order chi connectivity index (χ1) is 11.6. The number of phenolic OH excluding ortho intramolecular Hbond substituents is 1. The molecular formula is C19H26NO4P. The molecule has 3 N–H and O–H groups in total. The Kier molecular flexibility index (Phi) is 5.81. The van der Waals surface area contributed by atoms with Gasteiger partial charge in [0.2, 0.25) is 7.37 Å². The van der Waals surface area contributed by atoms with Crippen LogP contribution >= 0.6 is 7.37 Å². The highest BCUT2D eigenvalue weighted by molar-refractivity contribution is 7.57. The molecule has 0 spiro atoms. The maximum atomic E-state index is 11.4. The molecule has 1 atom stereocenters. The largest absolute Gasteiger partial charge is 0.508 e. The van der Waals surface area contributed by atoms with E-state index in [0.717, 1.165) is 28.1 Å². The van der Waals surface area contributed by atoms with Crippen molar-refractivity contribution in [3.05, 3.63) is 47.0 Å². The van der Waals surface area contributed by atoms with Crippen LogP contribution in [0.3, 0.4) is 0 Å². The van der Waals surface area contributed by atoms with Crippen LogP contribution in [0.2, 0.25) is 0 Å². The normalized spacial score (nSPS) is 13.6. The molecule has 0 saturated carbocycles. The number of benzene rings is 2. The van der Waals surface area contributed by atoms with E-state index in [1.165, 1.54) is 6.66 Å². The molecule has 0 heterocycles. The minimum Gasteiger partial charge on any atom is -0.508 e. The number of phenols is 1. The molecule has 2 rings (SSSR count). The minimum absolute atomic E-state index is 0.0296. The monoisotopic (exact) mass is 363 g/mol. The maximum Gasteiger partial charge on any atom is 0.216 e. The quantitative estimate of drug-likeness (QED) is 0.615. The molecule has 0 aliphatic heterocycles. The Morgan fingerprint density at radius 1 is 1.16 bits per heavy atom. The lowest BCUT2D eigenvalue weighted by Crippen LogP contribution is -2.03. The molecule has 0 aliphatic rings. The zero-order valence-electron chi connectivity index (χ0n) is 15.3. The second-order valence-corrected chi connectivity index (χ2v) is 9.22. The molecule has 0 fully saturated rings. The highest BCUT2D eigenvalue weighted by atomic mass is 31.2. The average molecular weight is 363 g/mol. The van der Waals surface area contributed by atoms with Gasteiger partial charge < -0.3 is 20.1 Å². The molecule has 0 radical (unpaired) electrons. The van der Waals surface area contributed by atoms with Crippen molar-refractivity contribution >= 4 is 13.1 Å². The van der Waals surface area contributed by atoms with Crippen LogP contribution in [0.4, 0.5) is 5.69 Å². The van der Waals surface area contributed by atoms with Gasteiger partial charge in [0, 0.05) is 17.9 Å². The van der Waals surface area contributed by atoms with E-state index in [2.05, 4.69) is 5.32 Å². The molecule has 1 unspecified atom stereocenters. The lowest BCUT2D eigenvalue weighted by molar-refractivity contribution is 0.452. The zero-order valence-corrected chi connectivity index (χ0v) is 16.2. The van der Waals surface area contributed by atoms with Crippen LogP contribution in [-0.2, 0) is 4.57 Å². The predicted octanol–water partition coefficient (Wildman–Crippen LogP) is 5.19. The fourth-order valence-corrected chi connectivity index (χ4v) is 3.10. The smallest absolute Gasteiger partial charge is 0.216 e. The fraction of sp³-hybridized carbons (Fsp3) is 0.368. The molecule has 0 bridgehead atoms. The van der Waals surface area contributed by atoms with Crippen molar-refractivity contribution in [2.24, 2.45) is 0 Å². The van der Waals surface area contributed by atoms with Crippen LogP contribution in [0.1, 0.15) is 36.5 Å². The van der Waals surface area contributed by atoms with E-state index in [-0.39, 0.29) is 18.0 Å². The Balaban J connectivity index is 2.26. The fourth-order valence-electron chi connectivity index (χ4n) is 2.63. The number of nitrogens with one attached hydrogen (secondary N) is 1. The van der Waals surface area contributed by atoms with Crippen molar-refractivity contribution in [1.82, 2.24) is 0 Å². The van der Waals surface area contributed by atoms with Gasteiger partial charge in [-0.1, -0.05) is 13.8 Å². The molecule has 0 saturated heterocycles. The zero-order chi connectivity index (χ0) is 18.8. The Labute approximate surface area is 149 Å². The first-order valence-corrected chi connectivity index (χ1v) is 10.5. The molecule has 25 heavy (non-hydrogen) atoms. The lowest BCUT2D eigenvalue weighted by Gasteiger charge is -2.17. The van der Waals surface area contributed by atoms with Gasteiger partial charge in [-0.05, 0) is 61.2 Å². The first kappa shape index (κ1) is 19.4. The second-order valence-electron chi connectivity index (χ2n) is 6.80. The van der Waals surface area contributed by atoms with E-state index in [1.807, 2.05) is 45.9 Å². The van der Waals surface area contributed by atoms with Crippen molar-refractivity contribution in [1.29, 1.82) is 0 Å². The summed E-state index contributed by atoms with van der Waals surface area (Å²) in [6.07, 6.45) is 0.0296. The molecule has 0 aromatic heterocycles. The number of anilines is 1. The van der Waals surface area contributed by atoms with E-state index in [4.69, 9.17) is 4.74 Å². The Morgan fingerprint density at radius 3 is 2.28 bits per heavy atom. The van der Waals surface area contributed by atoms with E-state index in [1.54, 1.807) is 12.1 Å². The van der Waals surface area contributed by atoms with E-state index in [0.29, 0.717) is 5.75 Å². The molecule has 0 aliphatic carbocycles. The van der Waals surface area contributed by atoms with Gasteiger partial charge in [-0.3, -0.25) is 4.57 Å². The van der Waals surface area contributed by atoms with E-state index in [9.17, 15) is 14.6 Å². The number of hydrogen-bond acceptors (Lipinski definition) is 4. The van der Waals surface area contributed by atoms with Crippen molar-refractivity contribution in [2.45, 2.75) is 33.6 Å². The third kappa shape index (κ3) is 5.25. The van der Waals surface area contributed by atoms with Gasteiger partial charge in [0.25, 0.3) is 0 Å². The molecule has 6 heteroatoms. The summed E-state index contributed by atoms with van der Waals surface area (Å²) >= 11 is 0. The van der Waals surface area contributed by atoms with Crippen molar-refractivity contribution in [3.8, 4) is 17.2 Å². The second kappa shape index (κ2) is 7.51. The van der Waals surface area contributed by atoms with Crippen molar-refractivity contribution in [2.75, 3.05) is 18.3 Å². The standard InChI is InChI=1S/C19H26NO4P/c1-12(2)17-10-16(6-7-18(17)21)24-19-13(3)8-15(9-14(19)4)20-11-25(5,22)23/h6-10,12,20-21H,11H2,1-5H3,(H,22,23). The summed E-state index contributed by atoms with van der Waals surface area (Å²) in [7, 11) is -3.11. The van der Waals surface area contributed by atoms with E-state index >= 15 is 0 Å². The highest BCUT2D eigenvalue weighted by Crippen LogP contribution is 2.37.